The molecule has 9 heteroatoms. The summed E-state index contributed by atoms with van der Waals surface area (Å²) < 4.78 is 22.3. The summed E-state index contributed by atoms with van der Waals surface area (Å²) in [5.41, 5.74) is 8.58. The maximum Gasteiger partial charge on any atom is 0.326 e. The number of hydrogen-bond donors (Lipinski definition) is 2. The maximum absolute atomic E-state index is 5.90. The molecule has 2 aromatic heterocycles. The molecule has 3 N–H and O–H groups in total. The standard InChI is InChI=1S/C22H19N5O4/c1-28-15-10-7-12(11-18(15)29-2)13-8-9-14-19(24-13)20(26-21(23)25-14)27-22-30-16-5-3-4-6-17(16)31-22/h3-11,22H,1-2H3,(H3,23,25,26,27). The molecule has 4 aromatic rings. The van der Waals surface area contributed by atoms with Gasteiger partial charge >= 0.3 is 6.41 Å². The minimum Gasteiger partial charge on any atom is -0.493 e. The van der Waals surface area contributed by atoms with Gasteiger partial charge in [-0.2, -0.15) is 4.98 Å². The van der Waals surface area contributed by atoms with Crippen LogP contribution in [0.25, 0.3) is 22.3 Å². The van der Waals surface area contributed by atoms with Crippen molar-refractivity contribution in [2.45, 2.75) is 6.41 Å². The number of fused-ring (bicyclic) bond motifs is 2. The van der Waals surface area contributed by atoms with Gasteiger partial charge in [-0.3, -0.25) is 5.32 Å². The van der Waals surface area contributed by atoms with Crippen molar-refractivity contribution in [3.8, 4) is 34.3 Å². The Bertz CT molecular complexity index is 1260. The summed E-state index contributed by atoms with van der Waals surface area (Å²) in [5, 5.41) is 3.11. The molecule has 0 saturated heterocycles. The molecule has 3 heterocycles. The van der Waals surface area contributed by atoms with Crippen LogP contribution in [-0.2, 0) is 0 Å². The average molecular weight is 417 g/mol. The van der Waals surface area contributed by atoms with Gasteiger partial charge in [0.1, 0.15) is 5.52 Å². The lowest BCUT2D eigenvalue weighted by molar-refractivity contribution is 0.0762. The number of anilines is 2. The lowest BCUT2D eigenvalue weighted by atomic mass is 10.1. The average Bonchev–Trinajstić information content (AvgIpc) is 3.20. The van der Waals surface area contributed by atoms with Gasteiger partial charge in [-0.15, -0.1) is 0 Å². The smallest absolute Gasteiger partial charge is 0.326 e. The summed E-state index contributed by atoms with van der Waals surface area (Å²) >= 11 is 0. The van der Waals surface area contributed by atoms with E-state index in [0.29, 0.717) is 45.5 Å². The number of nitrogens with two attached hydrogens (primary N) is 1. The number of nitrogen functional groups attached to an aromatic ring is 1. The predicted molar refractivity (Wildman–Crippen MR) is 115 cm³/mol. The van der Waals surface area contributed by atoms with E-state index in [1.807, 2.05) is 54.6 Å². The van der Waals surface area contributed by atoms with E-state index in [9.17, 15) is 0 Å². The molecule has 0 aliphatic carbocycles. The first kappa shape index (κ1) is 18.7. The summed E-state index contributed by atoms with van der Waals surface area (Å²) in [6, 6.07) is 16.7. The summed E-state index contributed by atoms with van der Waals surface area (Å²) in [5.74, 6) is 3.06. The number of pyridine rings is 1. The second kappa shape index (κ2) is 7.52. The van der Waals surface area contributed by atoms with E-state index in [1.165, 1.54) is 0 Å². The number of rotatable bonds is 5. The van der Waals surface area contributed by atoms with E-state index in [1.54, 1.807) is 14.2 Å². The van der Waals surface area contributed by atoms with E-state index >= 15 is 0 Å². The summed E-state index contributed by atoms with van der Waals surface area (Å²) in [6.45, 7) is 0. The number of benzene rings is 2. The molecular weight excluding hydrogens is 398 g/mol. The first-order valence-electron chi connectivity index (χ1n) is 9.50. The number of hydrogen-bond acceptors (Lipinski definition) is 9. The molecule has 0 unspecified atom stereocenters. The van der Waals surface area contributed by atoms with Crippen molar-refractivity contribution in [3.63, 3.8) is 0 Å². The zero-order valence-electron chi connectivity index (χ0n) is 16.8. The fourth-order valence-corrected chi connectivity index (χ4v) is 3.36. The molecule has 0 fully saturated rings. The molecule has 0 radical (unpaired) electrons. The van der Waals surface area contributed by atoms with Crippen molar-refractivity contribution < 1.29 is 18.9 Å². The fourth-order valence-electron chi connectivity index (χ4n) is 3.36. The van der Waals surface area contributed by atoms with Crippen molar-refractivity contribution >= 4 is 22.8 Å². The molecule has 1 aliphatic heterocycles. The maximum atomic E-state index is 5.90. The van der Waals surface area contributed by atoms with Crippen LogP contribution in [-0.4, -0.2) is 35.6 Å². The molecular formula is C22H19N5O4. The highest BCUT2D eigenvalue weighted by atomic mass is 16.7. The highest BCUT2D eigenvalue weighted by molar-refractivity contribution is 5.88. The Kier molecular flexibility index (Phi) is 4.55. The van der Waals surface area contributed by atoms with Gasteiger partial charge < -0.3 is 24.7 Å². The third-order valence-corrected chi connectivity index (χ3v) is 4.81. The third-order valence-electron chi connectivity index (χ3n) is 4.81. The predicted octanol–water partition coefficient (Wildman–Crippen LogP) is 3.46. The molecule has 5 rings (SSSR count). The number of nitrogens with one attached hydrogen (secondary N) is 1. The second-order valence-electron chi connectivity index (χ2n) is 6.72. The molecule has 156 valence electrons. The minimum absolute atomic E-state index is 0.117. The topological polar surface area (TPSA) is 114 Å². The van der Waals surface area contributed by atoms with Crippen LogP contribution < -0.4 is 30.0 Å². The summed E-state index contributed by atoms with van der Waals surface area (Å²) in [6.07, 6.45) is -0.763. The molecule has 0 saturated carbocycles. The Morgan fingerprint density at radius 2 is 1.61 bits per heavy atom. The first-order chi connectivity index (χ1) is 15.1. The lowest BCUT2D eigenvalue weighted by Gasteiger charge is -2.15. The SMILES string of the molecule is COc1ccc(-c2ccc3nc(N)nc(NC4Oc5ccccc5O4)c3n2)cc1OC. The Morgan fingerprint density at radius 1 is 0.871 bits per heavy atom. The zero-order valence-corrected chi connectivity index (χ0v) is 16.8. The van der Waals surface area contributed by atoms with Gasteiger partial charge in [0.15, 0.2) is 28.8 Å². The quantitative estimate of drug-likeness (QED) is 0.504. The monoisotopic (exact) mass is 417 g/mol. The summed E-state index contributed by atoms with van der Waals surface area (Å²) in [7, 11) is 3.19. The van der Waals surface area contributed by atoms with Crippen LogP contribution in [0.15, 0.2) is 54.6 Å². The number of aromatic nitrogens is 3. The number of methoxy groups -OCH3 is 2. The largest absolute Gasteiger partial charge is 0.493 e. The Hall–Kier alpha value is -4.27. The molecule has 0 amide bonds. The number of nitrogens with zero attached hydrogens (tertiary/aromatic N) is 3. The van der Waals surface area contributed by atoms with E-state index in [0.717, 1.165) is 5.56 Å². The molecule has 0 bridgehead atoms. The normalized spacial score (nSPS) is 12.7. The van der Waals surface area contributed by atoms with Crippen LogP contribution >= 0.6 is 0 Å². The molecule has 31 heavy (non-hydrogen) atoms. The van der Waals surface area contributed by atoms with Crippen molar-refractivity contribution in [3.05, 3.63) is 54.6 Å². The van der Waals surface area contributed by atoms with E-state index in [-0.39, 0.29) is 5.95 Å². The molecule has 2 aromatic carbocycles. The summed E-state index contributed by atoms with van der Waals surface area (Å²) in [4.78, 5) is 13.4. The van der Waals surface area contributed by atoms with Gasteiger partial charge in [-0.1, -0.05) is 12.1 Å². The Labute approximate surface area is 177 Å². The first-order valence-corrected chi connectivity index (χ1v) is 9.50. The highest BCUT2D eigenvalue weighted by Gasteiger charge is 2.25. The van der Waals surface area contributed by atoms with Crippen molar-refractivity contribution in [2.75, 3.05) is 25.3 Å². The van der Waals surface area contributed by atoms with Gasteiger partial charge in [-0.05, 0) is 42.5 Å². The molecule has 0 atom stereocenters. The van der Waals surface area contributed by atoms with Gasteiger partial charge in [0, 0.05) is 5.56 Å². The lowest BCUT2D eigenvalue weighted by Crippen LogP contribution is -2.29. The van der Waals surface area contributed by atoms with Crippen molar-refractivity contribution in [1.29, 1.82) is 0 Å². The van der Waals surface area contributed by atoms with Gasteiger partial charge in [0.2, 0.25) is 5.95 Å². The fraction of sp³-hybridized carbons (Fsp3) is 0.136. The van der Waals surface area contributed by atoms with Gasteiger partial charge in [0.25, 0.3) is 0 Å². The van der Waals surface area contributed by atoms with Crippen LogP contribution in [0.3, 0.4) is 0 Å². The van der Waals surface area contributed by atoms with E-state index in [4.69, 9.17) is 29.7 Å². The van der Waals surface area contributed by atoms with E-state index in [2.05, 4.69) is 15.3 Å². The van der Waals surface area contributed by atoms with Crippen molar-refractivity contribution in [2.24, 2.45) is 0 Å². The van der Waals surface area contributed by atoms with Crippen LogP contribution in [0, 0.1) is 0 Å². The molecule has 0 spiro atoms. The third kappa shape index (κ3) is 3.46. The second-order valence-corrected chi connectivity index (χ2v) is 6.72. The van der Waals surface area contributed by atoms with Crippen LogP contribution in [0.1, 0.15) is 0 Å². The Morgan fingerprint density at radius 3 is 2.32 bits per heavy atom. The van der Waals surface area contributed by atoms with Gasteiger partial charge in [-0.25, -0.2) is 9.97 Å². The van der Waals surface area contributed by atoms with Crippen LogP contribution in [0.4, 0.5) is 11.8 Å². The van der Waals surface area contributed by atoms with Crippen LogP contribution in [0.2, 0.25) is 0 Å². The number of para-hydroxylation sites is 2. The Balaban J connectivity index is 1.52. The van der Waals surface area contributed by atoms with E-state index < -0.39 is 6.41 Å². The minimum atomic E-state index is -0.763. The van der Waals surface area contributed by atoms with Crippen LogP contribution in [0.5, 0.6) is 23.0 Å². The molecule has 9 nitrogen and oxygen atoms in total. The van der Waals surface area contributed by atoms with Gasteiger partial charge in [0.05, 0.1) is 25.4 Å². The number of ether oxygens (including phenoxy) is 4. The van der Waals surface area contributed by atoms with Crippen molar-refractivity contribution in [1.82, 2.24) is 15.0 Å². The highest BCUT2D eigenvalue weighted by Crippen LogP contribution is 2.35. The zero-order chi connectivity index (χ0) is 21.4. The molecule has 1 aliphatic rings.